The highest BCUT2D eigenvalue weighted by molar-refractivity contribution is 5.67. The van der Waals surface area contributed by atoms with Crippen molar-refractivity contribution in [3.05, 3.63) is 65.0 Å². The van der Waals surface area contributed by atoms with Crippen molar-refractivity contribution in [2.45, 2.75) is 62.4 Å². The van der Waals surface area contributed by atoms with Gasteiger partial charge in [0.2, 0.25) is 0 Å². The lowest BCUT2D eigenvalue weighted by Crippen LogP contribution is -2.60. The Kier molecular flexibility index (Phi) is 9.84. The first-order chi connectivity index (χ1) is 23.7. The van der Waals surface area contributed by atoms with Crippen LogP contribution in [-0.4, -0.2) is 105 Å². The molecule has 0 spiro atoms. The number of methoxy groups -OCH3 is 1. The molecule has 4 saturated heterocycles. The molecule has 2 aromatic rings. The quantitative estimate of drug-likeness (QED) is 0.338. The number of nitrogens with zero attached hydrogens (tertiary/aromatic N) is 5. The van der Waals surface area contributed by atoms with E-state index < -0.39 is 12.0 Å². The molecule has 5 fully saturated rings. The molecule has 0 aromatic heterocycles. The first kappa shape index (κ1) is 34.1. The molecule has 1 aliphatic carbocycles. The van der Waals surface area contributed by atoms with Crippen molar-refractivity contribution in [1.82, 2.24) is 20.0 Å². The van der Waals surface area contributed by atoms with Crippen molar-refractivity contribution >= 4 is 11.8 Å². The van der Waals surface area contributed by atoms with Crippen molar-refractivity contribution in [1.29, 1.82) is 5.26 Å². The standard InChI is InChI=1S/C38H49F3N6O2/c1-49-36(48)43-35-8-3-7-34(35)38(26-45-13-4-14-45,31-5-2-6-32(39)18-31)30-11-15-44(16-12-30)20-27-21-47(22-27)33-10-9-28(19-42)29(17-33)23-46-24-37(40,41)25-46/h2,5-6,9-10,17-18,27,30,34-35H,3-4,7-8,11-16,20-26H2,1H3,(H,43,48)/t34-,35-,38-/m0/s1. The van der Waals surface area contributed by atoms with Gasteiger partial charge in [-0.2, -0.15) is 5.26 Å². The van der Waals surface area contributed by atoms with Gasteiger partial charge in [-0.25, -0.2) is 18.0 Å². The maximum atomic E-state index is 15.0. The van der Waals surface area contributed by atoms with Gasteiger partial charge in [-0.1, -0.05) is 18.6 Å². The van der Waals surface area contributed by atoms with Crippen LogP contribution in [0.25, 0.3) is 0 Å². The van der Waals surface area contributed by atoms with Gasteiger partial charge in [-0.05, 0) is 112 Å². The van der Waals surface area contributed by atoms with Crippen LogP contribution < -0.4 is 10.2 Å². The number of ether oxygens (including phenoxy) is 1. The van der Waals surface area contributed by atoms with Gasteiger partial charge in [-0.3, -0.25) is 4.90 Å². The van der Waals surface area contributed by atoms with Crippen LogP contribution in [0.4, 0.5) is 23.7 Å². The van der Waals surface area contributed by atoms with Gasteiger partial charge in [0.1, 0.15) is 5.82 Å². The lowest BCUT2D eigenvalue weighted by Gasteiger charge is -2.54. The van der Waals surface area contributed by atoms with E-state index in [9.17, 15) is 23.2 Å². The third-order valence-electron chi connectivity index (χ3n) is 12.1. The van der Waals surface area contributed by atoms with Gasteiger partial charge in [-0.15, -0.1) is 0 Å². The maximum absolute atomic E-state index is 15.0. The van der Waals surface area contributed by atoms with E-state index in [1.807, 2.05) is 24.3 Å². The van der Waals surface area contributed by atoms with Crippen LogP contribution >= 0.6 is 0 Å². The van der Waals surface area contributed by atoms with Gasteiger partial charge in [0, 0.05) is 55.8 Å². The summed E-state index contributed by atoms with van der Waals surface area (Å²) < 4.78 is 46.8. The number of alkyl halides is 2. The van der Waals surface area contributed by atoms with E-state index in [2.05, 4.69) is 32.2 Å². The lowest BCUT2D eigenvalue weighted by molar-refractivity contribution is -0.133. The SMILES string of the molecule is COC(=O)N[C@H]1CCC[C@@H]1[C@](CN1CCC1)(c1cccc(F)c1)C1CCN(CC2CN(c3ccc(C#N)c(CN4CC(F)(F)C4)c3)C2)CC1. The van der Waals surface area contributed by atoms with Gasteiger partial charge in [0.25, 0.3) is 5.92 Å². The Hall–Kier alpha value is -3.33. The Labute approximate surface area is 288 Å². The number of hydrogen-bond acceptors (Lipinski definition) is 7. The molecular formula is C38H49F3N6O2. The molecule has 4 aliphatic heterocycles. The van der Waals surface area contributed by atoms with Crippen LogP contribution in [0, 0.1) is 34.9 Å². The molecule has 2 aromatic carbocycles. The summed E-state index contributed by atoms with van der Waals surface area (Å²) in [4.78, 5) is 21.6. The van der Waals surface area contributed by atoms with Gasteiger partial charge in [0.05, 0.1) is 31.8 Å². The zero-order chi connectivity index (χ0) is 34.2. The van der Waals surface area contributed by atoms with Gasteiger partial charge in [0.15, 0.2) is 0 Å². The number of amides is 1. The second-order valence-corrected chi connectivity index (χ2v) is 15.3. The Morgan fingerprint density at radius 2 is 1.78 bits per heavy atom. The van der Waals surface area contributed by atoms with Crippen molar-refractivity contribution in [3.8, 4) is 6.07 Å². The van der Waals surface area contributed by atoms with E-state index >= 15 is 0 Å². The van der Waals surface area contributed by atoms with Crippen molar-refractivity contribution < 1.29 is 22.7 Å². The normalized spacial score (nSPS) is 26.2. The highest BCUT2D eigenvalue weighted by atomic mass is 19.3. The number of alkyl carbamates (subject to hydrolysis) is 1. The van der Waals surface area contributed by atoms with E-state index in [0.29, 0.717) is 23.9 Å². The molecule has 4 heterocycles. The molecule has 0 unspecified atom stereocenters. The average molecular weight is 679 g/mol. The number of benzene rings is 2. The van der Waals surface area contributed by atoms with E-state index in [-0.39, 0.29) is 36.3 Å². The van der Waals surface area contributed by atoms with Crippen molar-refractivity contribution in [2.24, 2.45) is 17.8 Å². The number of anilines is 1. The van der Waals surface area contributed by atoms with Gasteiger partial charge < -0.3 is 24.8 Å². The summed E-state index contributed by atoms with van der Waals surface area (Å²) in [6.07, 6.45) is 5.78. The van der Waals surface area contributed by atoms with Crippen LogP contribution in [-0.2, 0) is 16.7 Å². The third-order valence-corrected chi connectivity index (χ3v) is 12.1. The summed E-state index contributed by atoms with van der Waals surface area (Å²) in [6, 6.07) is 15.3. The number of halogens is 3. The summed E-state index contributed by atoms with van der Waals surface area (Å²) in [5, 5.41) is 12.8. The smallest absolute Gasteiger partial charge is 0.407 e. The van der Waals surface area contributed by atoms with Crippen LogP contribution in [0.15, 0.2) is 42.5 Å². The monoisotopic (exact) mass is 678 g/mol. The van der Waals surface area contributed by atoms with E-state index in [1.165, 1.54) is 19.6 Å². The van der Waals surface area contributed by atoms with Crippen LogP contribution in [0.5, 0.6) is 0 Å². The second kappa shape index (κ2) is 14.1. The maximum Gasteiger partial charge on any atom is 0.407 e. The fourth-order valence-electron chi connectivity index (χ4n) is 9.61. The molecule has 0 bridgehead atoms. The lowest BCUT2D eigenvalue weighted by atomic mass is 9.57. The number of likely N-dealkylation sites (tertiary alicyclic amines) is 3. The van der Waals surface area contributed by atoms with E-state index in [4.69, 9.17) is 4.74 Å². The molecule has 1 N–H and O–H groups in total. The topological polar surface area (TPSA) is 75.1 Å². The molecule has 264 valence electrons. The number of nitrogens with one attached hydrogen (secondary N) is 1. The third kappa shape index (κ3) is 7.15. The van der Waals surface area contributed by atoms with Crippen LogP contribution in [0.3, 0.4) is 0 Å². The first-order valence-electron chi connectivity index (χ1n) is 18.1. The molecule has 11 heteroatoms. The van der Waals surface area contributed by atoms with Crippen LogP contribution in [0.2, 0.25) is 0 Å². The summed E-state index contributed by atoms with van der Waals surface area (Å²) in [7, 11) is 1.41. The predicted molar refractivity (Wildman–Crippen MR) is 182 cm³/mol. The summed E-state index contributed by atoms with van der Waals surface area (Å²) in [6.45, 7) is 7.72. The molecule has 1 amide bonds. The molecule has 0 radical (unpaired) electrons. The molecule has 5 aliphatic rings. The summed E-state index contributed by atoms with van der Waals surface area (Å²) in [5.74, 6) is -1.75. The molecule has 49 heavy (non-hydrogen) atoms. The summed E-state index contributed by atoms with van der Waals surface area (Å²) >= 11 is 0. The molecular weight excluding hydrogens is 629 g/mol. The Balaban J connectivity index is 1.02. The van der Waals surface area contributed by atoms with Gasteiger partial charge >= 0.3 is 6.09 Å². The number of hydrogen-bond donors (Lipinski definition) is 1. The predicted octanol–water partition coefficient (Wildman–Crippen LogP) is 5.46. The average Bonchev–Trinajstić information content (AvgIpc) is 3.50. The minimum absolute atomic E-state index is 0.00873. The highest BCUT2D eigenvalue weighted by Crippen LogP contribution is 2.51. The minimum atomic E-state index is -2.63. The second-order valence-electron chi connectivity index (χ2n) is 15.3. The Bertz CT molecular complexity index is 1530. The molecule has 8 nitrogen and oxygen atoms in total. The number of carbonyl (C=O) groups is 1. The fourth-order valence-corrected chi connectivity index (χ4v) is 9.61. The number of carbonyl (C=O) groups excluding carboxylic acids is 1. The number of rotatable bonds is 11. The fraction of sp³-hybridized carbons (Fsp3) is 0.632. The molecule has 1 saturated carbocycles. The van der Waals surface area contributed by atoms with Crippen molar-refractivity contribution in [3.63, 3.8) is 0 Å². The zero-order valence-electron chi connectivity index (χ0n) is 28.6. The van der Waals surface area contributed by atoms with E-state index in [0.717, 1.165) is 101 Å². The Morgan fingerprint density at radius 1 is 1.00 bits per heavy atom. The molecule has 3 atom stereocenters. The number of nitriles is 1. The van der Waals surface area contributed by atoms with Crippen molar-refractivity contribution in [2.75, 3.05) is 77.5 Å². The largest absolute Gasteiger partial charge is 0.453 e. The number of piperidine rings is 1. The summed E-state index contributed by atoms with van der Waals surface area (Å²) in [5.41, 5.74) is 3.21. The molecule has 7 rings (SSSR count). The Morgan fingerprint density at radius 3 is 2.43 bits per heavy atom. The zero-order valence-corrected chi connectivity index (χ0v) is 28.6. The first-order valence-corrected chi connectivity index (χ1v) is 18.1. The highest BCUT2D eigenvalue weighted by Gasteiger charge is 2.53. The minimum Gasteiger partial charge on any atom is -0.453 e. The van der Waals surface area contributed by atoms with Crippen LogP contribution in [0.1, 0.15) is 55.2 Å². The van der Waals surface area contributed by atoms with E-state index in [1.54, 1.807) is 11.0 Å².